The van der Waals surface area contributed by atoms with Gasteiger partial charge >= 0.3 is 18.2 Å². The molecule has 8 heteroatoms. The van der Waals surface area contributed by atoms with E-state index < -0.39 is 17.8 Å². The van der Waals surface area contributed by atoms with Crippen LogP contribution in [-0.4, -0.2) is 36.7 Å². The van der Waals surface area contributed by atoms with Crippen LogP contribution < -0.4 is 4.74 Å². The Hall–Kier alpha value is -2.25. The van der Waals surface area contributed by atoms with Crippen molar-refractivity contribution in [1.29, 1.82) is 0 Å². The van der Waals surface area contributed by atoms with Crippen molar-refractivity contribution in [3.8, 4) is 5.75 Å². The Balaban J connectivity index is 1.94. The zero-order chi connectivity index (χ0) is 19.0. The number of amides is 1. The Morgan fingerprint density at radius 1 is 1.00 bits per heavy atom. The average molecular weight is 373 g/mol. The highest BCUT2D eigenvalue weighted by Gasteiger charge is 2.30. The van der Waals surface area contributed by atoms with Crippen molar-refractivity contribution in [2.45, 2.75) is 44.7 Å². The molecule has 1 aromatic carbocycles. The fourth-order valence-corrected chi connectivity index (χ4v) is 2.62. The number of rotatable bonds is 1. The van der Waals surface area contributed by atoms with Gasteiger partial charge in [-0.3, -0.25) is 4.79 Å². The number of esters is 1. The molecule has 1 aromatic rings. The summed E-state index contributed by atoms with van der Waals surface area (Å²) in [5.74, 6) is -0.257. The molecule has 1 amide bonds. The normalized spacial score (nSPS) is 17.7. The number of carbonyl (C=O) groups is 2. The van der Waals surface area contributed by atoms with Gasteiger partial charge in [0.2, 0.25) is 0 Å². The number of halogens is 3. The summed E-state index contributed by atoms with van der Waals surface area (Å²) in [4.78, 5) is 25.2. The third-order valence-electron chi connectivity index (χ3n) is 4.08. The molecule has 0 spiro atoms. The van der Waals surface area contributed by atoms with E-state index in [1.807, 2.05) is 0 Å². The van der Waals surface area contributed by atoms with Gasteiger partial charge in [-0.25, -0.2) is 4.79 Å². The van der Waals surface area contributed by atoms with E-state index in [9.17, 15) is 22.8 Å². The zero-order valence-electron chi connectivity index (χ0n) is 14.4. The van der Waals surface area contributed by atoms with Gasteiger partial charge in [-0.05, 0) is 37.1 Å². The molecule has 1 aliphatic heterocycles. The number of benzene rings is 1. The molecule has 0 unspecified atom stereocenters. The first-order valence-corrected chi connectivity index (χ1v) is 8.66. The second kappa shape index (κ2) is 9.45. The Morgan fingerprint density at radius 2 is 1.65 bits per heavy atom. The SMILES string of the molecule is O=C1CCCCCCCN(C(=O)Oc2ccc(C(F)(F)F)cc2)CCO1. The van der Waals surface area contributed by atoms with Gasteiger partial charge in [-0.15, -0.1) is 0 Å². The molecular formula is C18H22F3NO4. The predicted octanol–water partition coefficient (Wildman–Crippen LogP) is 4.40. The molecular weight excluding hydrogens is 351 g/mol. The van der Waals surface area contributed by atoms with Crippen LogP contribution in [0, 0.1) is 0 Å². The number of hydrogen-bond donors (Lipinski definition) is 0. The smallest absolute Gasteiger partial charge is 0.416 e. The van der Waals surface area contributed by atoms with Crippen molar-refractivity contribution in [3.05, 3.63) is 29.8 Å². The number of hydrogen-bond acceptors (Lipinski definition) is 4. The van der Waals surface area contributed by atoms with E-state index in [2.05, 4.69) is 0 Å². The second-order valence-electron chi connectivity index (χ2n) is 6.12. The van der Waals surface area contributed by atoms with Crippen LogP contribution in [0.25, 0.3) is 0 Å². The largest absolute Gasteiger partial charge is 0.464 e. The maximum Gasteiger partial charge on any atom is 0.416 e. The lowest BCUT2D eigenvalue weighted by atomic mass is 10.1. The van der Waals surface area contributed by atoms with Crippen LogP contribution in [0.2, 0.25) is 0 Å². The molecule has 0 radical (unpaired) electrons. The molecule has 26 heavy (non-hydrogen) atoms. The molecule has 0 atom stereocenters. The number of carbonyl (C=O) groups excluding carboxylic acids is 2. The molecule has 1 aliphatic rings. The topological polar surface area (TPSA) is 55.8 Å². The molecule has 1 fully saturated rings. The van der Waals surface area contributed by atoms with Gasteiger partial charge in [-0.2, -0.15) is 13.2 Å². The van der Waals surface area contributed by atoms with Crippen molar-refractivity contribution in [2.24, 2.45) is 0 Å². The molecule has 0 aromatic heterocycles. The average Bonchev–Trinajstić information content (AvgIpc) is 2.57. The van der Waals surface area contributed by atoms with Gasteiger partial charge in [-0.1, -0.05) is 19.3 Å². The molecule has 2 rings (SSSR count). The van der Waals surface area contributed by atoms with E-state index in [0.29, 0.717) is 13.0 Å². The van der Waals surface area contributed by atoms with Crippen molar-refractivity contribution in [1.82, 2.24) is 4.90 Å². The van der Waals surface area contributed by atoms with Crippen molar-refractivity contribution in [3.63, 3.8) is 0 Å². The Labute approximate surface area is 150 Å². The summed E-state index contributed by atoms with van der Waals surface area (Å²) < 4.78 is 47.9. The third-order valence-corrected chi connectivity index (χ3v) is 4.08. The second-order valence-corrected chi connectivity index (χ2v) is 6.12. The number of ether oxygens (including phenoxy) is 2. The quantitative estimate of drug-likeness (QED) is 0.685. The Morgan fingerprint density at radius 3 is 2.35 bits per heavy atom. The number of nitrogens with zero attached hydrogens (tertiary/aromatic N) is 1. The van der Waals surface area contributed by atoms with E-state index in [1.165, 1.54) is 4.90 Å². The summed E-state index contributed by atoms with van der Waals surface area (Å²) in [5.41, 5.74) is -0.810. The van der Waals surface area contributed by atoms with E-state index in [0.717, 1.165) is 56.4 Å². The molecule has 1 saturated heterocycles. The van der Waals surface area contributed by atoms with Crippen LogP contribution in [0.5, 0.6) is 5.75 Å². The predicted molar refractivity (Wildman–Crippen MR) is 87.7 cm³/mol. The molecule has 0 bridgehead atoms. The maximum atomic E-state index is 12.6. The minimum atomic E-state index is -4.44. The van der Waals surface area contributed by atoms with E-state index in [-0.39, 0.29) is 24.9 Å². The van der Waals surface area contributed by atoms with Crippen molar-refractivity contribution >= 4 is 12.1 Å². The molecule has 5 nitrogen and oxygen atoms in total. The highest BCUT2D eigenvalue weighted by atomic mass is 19.4. The molecule has 0 saturated carbocycles. The van der Waals surface area contributed by atoms with E-state index >= 15 is 0 Å². The van der Waals surface area contributed by atoms with Gasteiger partial charge < -0.3 is 14.4 Å². The van der Waals surface area contributed by atoms with E-state index in [1.54, 1.807) is 0 Å². The van der Waals surface area contributed by atoms with Crippen LogP contribution in [0.3, 0.4) is 0 Å². The summed E-state index contributed by atoms with van der Waals surface area (Å²) >= 11 is 0. The van der Waals surface area contributed by atoms with Gasteiger partial charge in [0.15, 0.2) is 0 Å². The van der Waals surface area contributed by atoms with Crippen LogP contribution in [0.15, 0.2) is 24.3 Å². The summed E-state index contributed by atoms with van der Waals surface area (Å²) in [5, 5.41) is 0. The Bertz CT molecular complexity index is 601. The lowest BCUT2D eigenvalue weighted by molar-refractivity contribution is -0.144. The first-order chi connectivity index (χ1) is 12.4. The first kappa shape index (κ1) is 20.1. The standard InChI is InChI=1S/C18H22F3NO4/c19-18(20,21)14-7-9-15(10-8-14)26-17(24)22-11-5-3-1-2-4-6-16(23)25-13-12-22/h7-10H,1-6,11-13H2. The fourth-order valence-electron chi connectivity index (χ4n) is 2.62. The van der Waals surface area contributed by atoms with Gasteiger partial charge in [0.05, 0.1) is 12.1 Å². The summed E-state index contributed by atoms with van der Waals surface area (Å²) in [6.07, 6.45) is -0.314. The zero-order valence-corrected chi connectivity index (χ0v) is 14.4. The number of alkyl halides is 3. The van der Waals surface area contributed by atoms with Crippen molar-refractivity contribution < 1.29 is 32.2 Å². The van der Waals surface area contributed by atoms with Gasteiger partial charge in [0.1, 0.15) is 12.4 Å². The summed E-state index contributed by atoms with van der Waals surface area (Å²) in [6.45, 7) is 0.698. The maximum absolute atomic E-state index is 12.6. The lowest BCUT2D eigenvalue weighted by Gasteiger charge is -2.22. The summed E-state index contributed by atoms with van der Waals surface area (Å²) in [6, 6.07) is 3.94. The minimum Gasteiger partial charge on any atom is -0.464 e. The third kappa shape index (κ3) is 6.57. The number of cyclic esters (lactones) is 1. The van der Waals surface area contributed by atoms with Crippen LogP contribution >= 0.6 is 0 Å². The summed E-state index contributed by atoms with van der Waals surface area (Å²) in [7, 11) is 0. The van der Waals surface area contributed by atoms with Crippen molar-refractivity contribution in [2.75, 3.05) is 19.7 Å². The molecule has 0 N–H and O–H groups in total. The molecule has 144 valence electrons. The Kier molecular flexibility index (Phi) is 7.29. The minimum absolute atomic E-state index is 0.0334. The monoisotopic (exact) mass is 373 g/mol. The first-order valence-electron chi connectivity index (χ1n) is 8.66. The van der Waals surface area contributed by atoms with Crippen LogP contribution in [-0.2, 0) is 15.7 Å². The van der Waals surface area contributed by atoms with E-state index in [4.69, 9.17) is 9.47 Å². The fraction of sp³-hybridized carbons (Fsp3) is 0.556. The molecule has 0 aliphatic carbocycles. The van der Waals surface area contributed by atoms with Gasteiger partial charge in [0, 0.05) is 13.0 Å². The highest BCUT2D eigenvalue weighted by Crippen LogP contribution is 2.30. The van der Waals surface area contributed by atoms with Gasteiger partial charge in [0.25, 0.3) is 0 Å². The lowest BCUT2D eigenvalue weighted by Crippen LogP contribution is -2.37. The van der Waals surface area contributed by atoms with Crippen LogP contribution in [0.4, 0.5) is 18.0 Å². The van der Waals surface area contributed by atoms with Crippen LogP contribution in [0.1, 0.15) is 44.1 Å². The highest BCUT2D eigenvalue weighted by molar-refractivity contribution is 5.71. The molecule has 1 heterocycles.